The Morgan fingerprint density at radius 3 is 2.25 bits per heavy atom. The maximum Gasteiger partial charge on any atom is 0.186 e. The first-order valence-corrected chi connectivity index (χ1v) is 5.17. The van der Waals surface area contributed by atoms with Crippen molar-refractivity contribution in [3.63, 3.8) is 0 Å². The lowest BCUT2D eigenvalue weighted by Gasteiger charge is -2.20. The van der Waals surface area contributed by atoms with E-state index in [9.17, 15) is 4.39 Å². The summed E-state index contributed by atoms with van der Waals surface area (Å²) in [6.45, 7) is 1.89. The van der Waals surface area contributed by atoms with Crippen molar-refractivity contribution in [3.8, 4) is 11.5 Å². The van der Waals surface area contributed by atoms with Crippen molar-refractivity contribution in [2.24, 2.45) is 0 Å². The fourth-order valence-corrected chi connectivity index (χ4v) is 1.80. The van der Waals surface area contributed by atoms with E-state index in [-0.39, 0.29) is 0 Å². The standard InChI is InChI=1S/C11H11FO4/c12-8-6-10-9(13-1-2-14-10)5-7(8)11-15-3-4-16-11/h5-6,11H,1-4H2. The zero-order valence-electron chi connectivity index (χ0n) is 8.57. The van der Waals surface area contributed by atoms with Gasteiger partial charge in [0, 0.05) is 11.6 Å². The Bertz CT molecular complexity index is 401. The number of hydrogen-bond acceptors (Lipinski definition) is 4. The first-order valence-electron chi connectivity index (χ1n) is 5.17. The minimum absolute atomic E-state index is 0.363. The molecule has 0 amide bonds. The molecule has 4 nitrogen and oxygen atoms in total. The summed E-state index contributed by atoms with van der Waals surface area (Å²) in [5.41, 5.74) is 0.363. The second-order valence-corrected chi connectivity index (χ2v) is 3.59. The summed E-state index contributed by atoms with van der Waals surface area (Å²) in [5, 5.41) is 0. The zero-order chi connectivity index (χ0) is 11.0. The van der Waals surface area contributed by atoms with Crippen LogP contribution in [0, 0.1) is 5.82 Å². The monoisotopic (exact) mass is 226 g/mol. The molecule has 0 saturated carbocycles. The Morgan fingerprint density at radius 2 is 1.56 bits per heavy atom. The second-order valence-electron chi connectivity index (χ2n) is 3.59. The topological polar surface area (TPSA) is 36.9 Å². The molecule has 5 heteroatoms. The van der Waals surface area contributed by atoms with E-state index in [1.165, 1.54) is 6.07 Å². The molecule has 0 aliphatic carbocycles. The van der Waals surface area contributed by atoms with Gasteiger partial charge < -0.3 is 18.9 Å². The number of benzene rings is 1. The Kier molecular flexibility index (Phi) is 2.41. The first-order chi connectivity index (χ1) is 7.84. The van der Waals surface area contributed by atoms with E-state index < -0.39 is 12.1 Å². The third kappa shape index (κ3) is 1.62. The maximum absolute atomic E-state index is 13.7. The summed E-state index contributed by atoms with van der Waals surface area (Å²) in [6.07, 6.45) is -0.629. The van der Waals surface area contributed by atoms with Crippen LogP contribution in [0.4, 0.5) is 4.39 Å². The molecule has 0 radical (unpaired) electrons. The Morgan fingerprint density at radius 1 is 0.938 bits per heavy atom. The van der Waals surface area contributed by atoms with Crippen molar-refractivity contribution in [1.82, 2.24) is 0 Å². The van der Waals surface area contributed by atoms with Gasteiger partial charge in [-0.05, 0) is 6.07 Å². The highest BCUT2D eigenvalue weighted by atomic mass is 19.1. The molecule has 0 bridgehead atoms. The van der Waals surface area contributed by atoms with E-state index in [1.807, 2.05) is 0 Å². The summed E-state index contributed by atoms with van der Waals surface area (Å²) >= 11 is 0. The molecule has 2 aliphatic heterocycles. The third-order valence-corrected chi connectivity index (χ3v) is 2.54. The average molecular weight is 226 g/mol. The van der Waals surface area contributed by atoms with Crippen LogP contribution in [-0.2, 0) is 9.47 Å². The van der Waals surface area contributed by atoms with Crippen molar-refractivity contribution in [3.05, 3.63) is 23.5 Å². The summed E-state index contributed by atoms with van der Waals surface area (Å²) < 4.78 is 34.9. The smallest absolute Gasteiger partial charge is 0.186 e. The van der Waals surface area contributed by atoms with Gasteiger partial charge in [0.25, 0.3) is 0 Å². The Balaban J connectivity index is 1.98. The van der Waals surface area contributed by atoms with Crippen LogP contribution in [0.1, 0.15) is 11.9 Å². The number of ether oxygens (including phenoxy) is 4. The van der Waals surface area contributed by atoms with E-state index in [4.69, 9.17) is 18.9 Å². The average Bonchev–Trinajstić information content (AvgIpc) is 2.81. The van der Waals surface area contributed by atoms with Crippen LogP contribution >= 0.6 is 0 Å². The lowest BCUT2D eigenvalue weighted by Crippen LogP contribution is -2.16. The lowest BCUT2D eigenvalue weighted by molar-refractivity contribution is -0.0467. The molecule has 1 aromatic carbocycles. The van der Waals surface area contributed by atoms with Crippen LogP contribution < -0.4 is 9.47 Å². The van der Waals surface area contributed by atoms with Crippen molar-refractivity contribution >= 4 is 0 Å². The number of hydrogen-bond donors (Lipinski definition) is 0. The van der Waals surface area contributed by atoms with Crippen LogP contribution in [0.25, 0.3) is 0 Å². The number of fused-ring (bicyclic) bond motifs is 1. The van der Waals surface area contributed by atoms with Gasteiger partial charge in [-0.3, -0.25) is 0 Å². The largest absolute Gasteiger partial charge is 0.486 e. The van der Waals surface area contributed by atoms with E-state index in [2.05, 4.69) is 0 Å². The van der Waals surface area contributed by atoms with Crippen molar-refractivity contribution in [2.45, 2.75) is 6.29 Å². The Hall–Kier alpha value is -1.33. The van der Waals surface area contributed by atoms with Crippen molar-refractivity contribution in [1.29, 1.82) is 0 Å². The molecular formula is C11H11FO4. The molecular weight excluding hydrogens is 215 g/mol. The molecule has 0 N–H and O–H groups in total. The van der Waals surface area contributed by atoms with Gasteiger partial charge in [-0.2, -0.15) is 0 Å². The SMILES string of the molecule is Fc1cc2c(cc1C1OCCO1)OCCO2. The lowest BCUT2D eigenvalue weighted by atomic mass is 10.1. The maximum atomic E-state index is 13.7. The minimum atomic E-state index is -0.629. The molecule has 0 spiro atoms. The van der Waals surface area contributed by atoms with Gasteiger partial charge in [0.15, 0.2) is 17.8 Å². The molecule has 1 saturated heterocycles. The van der Waals surface area contributed by atoms with Crippen LogP contribution in [0.15, 0.2) is 12.1 Å². The van der Waals surface area contributed by atoms with E-state index in [0.717, 1.165) is 0 Å². The highest BCUT2D eigenvalue weighted by molar-refractivity contribution is 5.45. The van der Waals surface area contributed by atoms with Gasteiger partial charge in [-0.1, -0.05) is 0 Å². The molecule has 2 heterocycles. The summed E-state index contributed by atoms with van der Waals surface area (Å²) in [4.78, 5) is 0. The van der Waals surface area contributed by atoms with Gasteiger partial charge in [-0.15, -0.1) is 0 Å². The molecule has 3 rings (SSSR count). The van der Waals surface area contributed by atoms with Gasteiger partial charge in [0.2, 0.25) is 0 Å². The van der Waals surface area contributed by atoms with Crippen LogP contribution in [0.2, 0.25) is 0 Å². The number of halogens is 1. The van der Waals surface area contributed by atoms with E-state index in [1.54, 1.807) is 6.07 Å². The van der Waals surface area contributed by atoms with Crippen LogP contribution in [-0.4, -0.2) is 26.4 Å². The molecule has 0 aromatic heterocycles. The van der Waals surface area contributed by atoms with Gasteiger partial charge in [0.05, 0.1) is 13.2 Å². The summed E-state index contributed by atoms with van der Waals surface area (Å²) in [7, 11) is 0. The fraction of sp³-hybridized carbons (Fsp3) is 0.455. The van der Waals surface area contributed by atoms with E-state index >= 15 is 0 Å². The van der Waals surface area contributed by atoms with Crippen LogP contribution in [0.5, 0.6) is 11.5 Å². The second kappa shape index (κ2) is 3.92. The third-order valence-electron chi connectivity index (χ3n) is 2.54. The van der Waals surface area contributed by atoms with Crippen molar-refractivity contribution < 1.29 is 23.3 Å². The van der Waals surface area contributed by atoms with Gasteiger partial charge in [0.1, 0.15) is 19.0 Å². The first kappa shape index (κ1) is 9.86. The van der Waals surface area contributed by atoms with Gasteiger partial charge >= 0.3 is 0 Å². The minimum Gasteiger partial charge on any atom is -0.486 e. The molecule has 86 valence electrons. The molecule has 0 unspecified atom stereocenters. The Labute approximate surface area is 91.9 Å². The highest BCUT2D eigenvalue weighted by Gasteiger charge is 2.25. The van der Waals surface area contributed by atoms with Crippen LogP contribution in [0.3, 0.4) is 0 Å². The molecule has 16 heavy (non-hydrogen) atoms. The molecule has 0 atom stereocenters. The number of rotatable bonds is 1. The molecule has 1 fully saturated rings. The molecule has 1 aromatic rings. The normalized spacial score (nSPS) is 20.1. The predicted octanol–water partition coefficient (Wildman–Crippen LogP) is 1.64. The van der Waals surface area contributed by atoms with Crippen molar-refractivity contribution in [2.75, 3.05) is 26.4 Å². The predicted molar refractivity (Wildman–Crippen MR) is 52.0 cm³/mol. The summed E-state index contributed by atoms with van der Waals surface area (Å²) in [6, 6.07) is 2.90. The van der Waals surface area contributed by atoms with E-state index in [0.29, 0.717) is 43.5 Å². The summed E-state index contributed by atoms with van der Waals surface area (Å²) in [5.74, 6) is 0.586. The van der Waals surface area contributed by atoms with Gasteiger partial charge in [-0.25, -0.2) is 4.39 Å². The zero-order valence-corrected chi connectivity index (χ0v) is 8.57. The quantitative estimate of drug-likeness (QED) is 0.729. The fourth-order valence-electron chi connectivity index (χ4n) is 1.80. The highest BCUT2D eigenvalue weighted by Crippen LogP contribution is 2.36. The molecule has 2 aliphatic rings.